The van der Waals surface area contributed by atoms with Crippen LogP contribution in [-0.4, -0.2) is 63.8 Å². The molecular formula is C29H31N5O3S2. The average molecular weight is 562 g/mol. The van der Waals surface area contributed by atoms with Crippen molar-refractivity contribution in [2.45, 2.75) is 38.1 Å². The number of nitrogens with zero attached hydrogens (tertiary/aromatic N) is 5. The van der Waals surface area contributed by atoms with Crippen molar-refractivity contribution in [2.75, 3.05) is 43.1 Å². The van der Waals surface area contributed by atoms with E-state index in [0.717, 1.165) is 50.2 Å². The summed E-state index contributed by atoms with van der Waals surface area (Å²) in [5.74, 6) is 1.35. The number of rotatable bonds is 5. The molecular weight excluding hydrogens is 530 g/mol. The van der Waals surface area contributed by atoms with Gasteiger partial charge in [0.25, 0.3) is 11.5 Å². The van der Waals surface area contributed by atoms with Gasteiger partial charge in [0.15, 0.2) is 0 Å². The summed E-state index contributed by atoms with van der Waals surface area (Å²) in [5.41, 5.74) is 1.97. The topological polar surface area (TPSA) is 70.4 Å². The Hall–Kier alpha value is -3.37. The molecule has 0 atom stereocenters. The Morgan fingerprint density at radius 3 is 2.41 bits per heavy atom. The van der Waals surface area contributed by atoms with Gasteiger partial charge in [-0.3, -0.25) is 18.9 Å². The third-order valence-corrected chi connectivity index (χ3v) is 9.13. The van der Waals surface area contributed by atoms with Gasteiger partial charge < -0.3 is 14.5 Å². The van der Waals surface area contributed by atoms with E-state index in [9.17, 15) is 9.59 Å². The molecule has 1 aromatic carbocycles. The summed E-state index contributed by atoms with van der Waals surface area (Å²) in [6.07, 6.45) is 8.83. The van der Waals surface area contributed by atoms with Gasteiger partial charge in [-0.2, -0.15) is 0 Å². The van der Waals surface area contributed by atoms with Gasteiger partial charge in [-0.1, -0.05) is 49.3 Å². The Kier molecular flexibility index (Phi) is 7.31. The van der Waals surface area contributed by atoms with Crippen LogP contribution in [0.5, 0.6) is 5.75 Å². The molecule has 8 nitrogen and oxygen atoms in total. The van der Waals surface area contributed by atoms with Crippen LogP contribution < -0.4 is 20.1 Å². The maximum absolute atomic E-state index is 13.8. The summed E-state index contributed by atoms with van der Waals surface area (Å²) >= 11 is 6.94. The molecule has 3 fully saturated rings. The minimum atomic E-state index is -0.184. The first-order chi connectivity index (χ1) is 19.0. The fraction of sp³-hybridized carbons (Fsp3) is 0.379. The minimum Gasteiger partial charge on any atom is -0.497 e. The van der Waals surface area contributed by atoms with E-state index < -0.39 is 0 Å². The van der Waals surface area contributed by atoms with Gasteiger partial charge in [-0.15, -0.1) is 0 Å². The molecule has 0 N–H and O–H groups in total. The first kappa shape index (κ1) is 25.9. The number of hydrogen-bond donors (Lipinski definition) is 0. The Morgan fingerprint density at radius 2 is 1.69 bits per heavy atom. The Balaban J connectivity index is 1.32. The summed E-state index contributed by atoms with van der Waals surface area (Å²) in [6.45, 7) is 2.97. The molecule has 4 heterocycles. The van der Waals surface area contributed by atoms with Gasteiger partial charge in [0.2, 0.25) is 0 Å². The third kappa shape index (κ3) is 5.03. The van der Waals surface area contributed by atoms with Gasteiger partial charge >= 0.3 is 0 Å². The van der Waals surface area contributed by atoms with Crippen molar-refractivity contribution in [1.82, 2.24) is 14.3 Å². The maximum atomic E-state index is 13.8. The second kappa shape index (κ2) is 11.0. The van der Waals surface area contributed by atoms with Crippen molar-refractivity contribution in [3.8, 4) is 5.75 Å². The SMILES string of the molecule is COc1ccc(N2CCN(c3nc4ccccn4c(=O)c3C=C3SC(=S)N(C4CCCCC4)C3=O)CC2)cc1. The third-order valence-electron chi connectivity index (χ3n) is 7.80. The number of benzene rings is 1. The van der Waals surface area contributed by atoms with Crippen LogP contribution in [0.3, 0.4) is 0 Å². The lowest BCUT2D eigenvalue weighted by Crippen LogP contribution is -2.47. The lowest BCUT2D eigenvalue weighted by Gasteiger charge is -2.37. The van der Waals surface area contributed by atoms with E-state index in [0.29, 0.717) is 39.3 Å². The molecule has 2 aliphatic heterocycles. The van der Waals surface area contributed by atoms with Crippen molar-refractivity contribution in [2.24, 2.45) is 0 Å². The van der Waals surface area contributed by atoms with Crippen LogP contribution in [0.1, 0.15) is 37.7 Å². The number of hydrogen-bond acceptors (Lipinski definition) is 8. The highest BCUT2D eigenvalue weighted by atomic mass is 32.2. The fourth-order valence-electron chi connectivity index (χ4n) is 5.69. The first-order valence-electron chi connectivity index (χ1n) is 13.5. The number of fused-ring (bicyclic) bond motifs is 1. The van der Waals surface area contributed by atoms with Crippen LogP contribution in [0.15, 0.2) is 58.4 Å². The molecule has 0 radical (unpaired) electrons. The average Bonchev–Trinajstić information content (AvgIpc) is 3.27. The summed E-state index contributed by atoms with van der Waals surface area (Å²) in [7, 11) is 1.67. The Morgan fingerprint density at radius 1 is 0.974 bits per heavy atom. The van der Waals surface area contributed by atoms with Gasteiger partial charge in [0.1, 0.15) is 21.5 Å². The van der Waals surface area contributed by atoms with Crippen LogP contribution in [0, 0.1) is 0 Å². The van der Waals surface area contributed by atoms with Gasteiger partial charge in [0.05, 0.1) is 17.6 Å². The molecule has 2 saturated heterocycles. The predicted molar refractivity (Wildman–Crippen MR) is 161 cm³/mol. The monoisotopic (exact) mass is 561 g/mol. The number of carbonyl (C=O) groups is 1. The summed E-state index contributed by atoms with van der Waals surface area (Å²) in [6, 6.07) is 13.7. The maximum Gasteiger partial charge on any atom is 0.267 e. The van der Waals surface area contributed by atoms with E-state index in [-0.39, 0.29) is 17.5 Å². The zero-order chi connectivity index (χ0) is 26.9. The van der Waals surface area contributed by atoms with E-state index in [1.165, 1.54) is 18.2 Å². The van der Waals surface area contributed by atoms with E-state index in [1.54, 1.807) is 28.7 Å². The molecule has 3 aromatic rings. The standard InChI is InChI=1S/C29H31N5O3S2/c1-37-22-12-10-20(11-13-22)31-15-17-32(18-16-31)26-23(27(35)33-14-6-5-9-25(33)30-26)19-24-28(36)34(29(38)39-24)21-7-3-2-4-8-21/h5-6,9-14,19,21H,2-4,7-8,15-18H2,1H3. The lowest BCUT2D eigenvalue weighted by molar-refractivity contribution is -0.124. The smallest absolute Gasteiger partial charge is 0.267 e. The molecule has 10 heteroatoms. The molecule has 1 aliphatic carbocycles. The highest BCUT2D eigenvalue weighted by molar-refractivity contribution is 8.26. The molecule has 2 aromatic heterocycles. The normalized spacial score (nSPS) is 19.9. The molecule has 1 saturated carbocycles. The van der Waals surface area contributed by atoms with Gasteiger partial charge in [-0.25, -0.2) is 4.98 Å². The minimum absolute atomic E-state index is 0.0928. The lowest BCUT2D eigenvalue weighted by atomic mass is 9.94. The number of thiocarbonyl (C=S) groups is 1. The van der Waals surface area contributed by atoms with Crippen LogP contribution >= 0.6 is 24.0 Å². The molecule has 39 heavy (non-hydrogen) atoms. The molecule has 3 aliphatic rings. The van der Waals surface area contributed by atoms with Crippen LogP contribution in [0.2, 0.25) is 0 Å². The zero-order valence-electron chi connectivity index (χ0n) is 21.9. The fourth-order valence-corrected chi connectivity index (χ4v) is 7.08. The largest absolute Gasteiger partial charge is 0.497 e. The second-order valence-electron chi connectivity index (χ2n) is 10.1. The quantitative estimate of drug-likeness (QED) is 0.332. The van der Waals surface area contributed by atoms with Crippen molar-refractivity contribution in [3.63, 3.8) is 0 Å². The molecule has 1 amide bonds. The summed E-state index contributed by atoms with van der Waals surface area (Å²) in [4.78, 5) is 38.9. The van der Waals surface area contributed by atoms with Crippen molar-refractivity contribution in [3.05, 3.63) is 69.5 Å². The van der Waals surface area contributed by atoms with Crippen molar-refractivity contribution >= 4 is 57.4 Å². The van der Waals surface area contributed by atoms with Crippen molar-refractivity contribution < 1.29 is 9.53 Å². The number of ether oxygens (including phenoxy) is 1. The molecule has 0 bridgehead atoms. The molecule has 0 spiro atoms. The van der Waals surface area contributed by atoms with Crippen LogP contribution in [0.25, 0.3) is 11.7 Å². The van der Waals surface area contributed by atoms with E-state index >= 15 is 0 Å². The Labute approximate surface area is 237 Å². The van der Waals surface area contributed by atoms with Gasteiger partial charge in [-0.05, 0) is 55.3 Å². The number of thioether (sulfide) groups is 1. The number of pyridine rings is 1. The summed E-state index contributed by atoms with van der Waals surface area (Å²) < 4.78 is 7.42. The number of anilines is 2. The van der Waals surface area contributed by atoms with Gasteiger partial charge in [0, 0.05) is 44.1 Å². The number of methoxy groups -OCH3 is 1. The zero-order valence-corrected chi connectivity index (χ0v) is 23.5. The molecule has 6 rings (SSSR count). The van der Waals surface area contributed by atoms with E-state index in [4.69, 9.17) is 21.9 Å². The summed E-state index contributed by atoms with van der Waals surface area (Å²) in [5, 5.41) is 0. The molecule has 202 valence electrons. The van der Waals surface area contributed by atoms with E-state index in [2.05, 4.69) is 21.9 Å². The highest BCUT2D eigenvalue weighted by Gasteiger charge is 2.38. The molecule has 0 unspecified atom stereocenters. The van der Waals surface area contributed by atoms with Crippen molar-refractivity contribution in [1.29, 1.82) is 0 Å². The number of amides is 1. The Bertz CT molecular complexity index is 1490. The first-order valence-corrected chi connectivity index (χ1v) is 14.7. The number of carbonyl (C=O) groups excluding carboxylic acids is 1. The van der Waals surface area contributed by atoms with Crippen LogP contribution in [-0.2, 0) is 4.79 Å². The van der Waals surface area contributed by atoms with E-state index in [1.807, 2.05) is 30.3 Å². The number of piperazine rings is 1. The second-order valence-corrected chi connectivity index (χ2v) is 11.8. The number of aromatic nitrogens is 2. The highest BCUT2D eigenvalue weighted by Crippen LogP contribution is 2.38. The predicted octanol–water partition coefficient (Wildman–Crippen LogP) is 4.56. The van der Waals surface area contributed by atoms with Crippen LogP contribution in [0.4, 0.5) is 11.5 Å².